The van der Waals surface area contributed by atoms with Gasteiger partial charge in [-0.05, 0) is 74.1 Å². The molecule has 0 radical (unpaired) electrons. The lowest BCUT2D eigenvalue weighted by atomic mass is 9.90. The van der Waals surface area contributed by atoms with E-state index in [0.717, 1.165) is 35.2 Å². The number of carbonyl (C=O) groups excluding carboxylic acids is 2. The number of fused-ring (bicyclic) bond motifs is 2. The van der Waals surface area contributed by atoms with E-state index in [9.17, 15) is 9.59 Å². The van der Waals surface area contributed by atoms with E-state index in [0.29, 0.717) is 17.0 Å². The molecule has 1 heterocycles. The molecule has 1 aromatic heterocycles. The van der Waals surface area contributed by atoms with Crippen molar-refractivity contribution in [2.75, 3.05) is 13.7 Å². The number of hydrogen-bond acceptors (Lipinski definition) is 5. The third-order valence-corrected chi connectivity index (χ3v) is 6.31. The number of carbonyl (C=O) groups is 2. The van der Waals surface area contributed by atoms with Gasteiger partial charge in [0.2, 0.25) is 0 Å². The molecule has 0 atom stereocenters. The fraction of sp³-hybridized carbons (Fsp3) is 0.348. The Morgan fingerprint density at radius 1 is 1.10 bits per heavy atom. The molecule has 3 aromatic rings. The predicted octanol–water partition coefficient (Wildman–Crippen LogP) is 3.89. The summed E-state index contributed by atoms with van der Waals surface area (Å²) in [6.45, 7) is 2.47. The molecule has 0 N–H and O–H groups in total. The van der Waals surface area contributed by atoms with Gasteiger partial charge in [-0.1, -0.05) is 17.4 Å². The number of amides is 1. The van der Waals surface area contributed by atoms with Crippen molar-refractivity contribution in [3.63, 3.8) is 0 Å². The Morgan fingerprint density at radius 3 is 2.67 bits per heavy atom. The van der Waals surface area contributed by atoms with E-state index in [1.54, 1.807) is 4.57 Å². The topological polar surface area (TPSA) is 69.9 Å². The average Bonchev–Trinajstić information content (AvgIpc) is 3.09. The van der Waals surface area contributed by atoms with E-state index < -0.39 is 5.97 Å². The van der Waals surface area contributed by atoms with E-state index >= 15 is 0 Å². The van der Waals surface area contributed by atoms with Crippen LogP contribution in [-0.2, 0) is 28.9 Å². The normalized spacial score (nSPS) is 13.9. The molecule has 1 amide bonds. The number of rotatable bonds is 5. The Morgan fingerprint density at radius 2 is 1.90 bits per heavy atom. The molecular formula is C23H24N2O4S. The summed E-state index contributed by atoms with van der Waals surface area (Å²) < 4.78 is 13.0. The summed E-state index contributed by atoms with van der Waals surface area (Å²) in [5.74, 6) is 0.0360. The molecule has 0 saturated carbocycles. The number of benzene rings is 2. The second kappa shape index (κ2) is 8.83. The number of methoxy groups -OCH3 is 1. The molecule has 0 spiro atoms. The van der Waals surface area contributed by atoms with E-state index in [4.69, 9.17) is 9.47 Å². The lowest BCUT2D eigenvalue weighted by Crippen LogP contribution is -2.22. The van der Waals surface area contributed by atoms with Crippen molar-refractivity contribution in [3.8, 4) is 5.75 Å². The van der Waals surface area contributed by atoms with Crippen LogP contribution in [-0.4, -0.2) is 30.2 Å². The molecule has 1 aliphatic rings. The van der Waals surface area contributed by atoms with Crippen molar-refractivity contribution in [2.24, 2.45) is 4.99 Å². The molecule has 4 rings (SSSR count). The lowest BCUT2D eigenvalue weighted by Gasteiger charge is -2.15. The minimum Gasteiger partial charge on any atom is -0.494 e. The average molecular weight is 425 g/mol. The van der Waals surface area contributed by atoms with Crippen LogP contribution < -0.4 is 9.54 Å². The summed E-state index contributed by atoms with van der Waals surface area (Å²) in [5, 5.41) is 0. The van der Waals surface area contributed by atoms with Crippen LogP contribution >= 0.6 is 11.3 Å². The molecule has 6 nitrogen and oxygen atoms in total. The van der Waals surface area contributed by atoms with E-state index in [1.807, 2.05) is 43.3 Å². The fourth-order valence-electron chi connectivity index (χ4n) is 3.76. The van der Waals surface area contributed by atoms with Gasteiger partial charge in [-0.15, -0.1) is 0 Å². The molecule has 156 valence electrons. The zero-order chi connectivity index (χ0) is 21.1. The molecule has 0 unspecified atom stereocenters. The first kappa shape index (κ1) is 20.3. The number of aryl methyl sites for hydroxylation is 2. The van der Waals surface area contributed by atoms with Crippen molar-refractivity contribution in [3.05, 3.63) is 57.9 Å². The third kappa shape index (κ3) is 4.16. The van der Waals surface area contributed by atoms with Crippen LogP contribution in [0.15, 0.2) is 41.4 Å². The van der Waals surface area contributed by atoms with Crippen molar-refractivity contribution >= 4 is 33.4 Å². The molecule has 7 heteroatoms. The lowest BCUT2D eigenvalue weighted by molar-refractivity contribution is -0.141. The smallest absolute Gasteiger partial charge is 0.325 e. The van der Waals surface area contributed by atoms with Gasteiger partial charge >= 0.3 is 5.97 Å². The Bertz CT molecular complexity index is 1180. The second-order valence-corrected chi connectivity index (χ2v) is 8.23. The number of hydrogen-bond donors (Lipinski definition) is 0. The van der Waals surface area contributed by atoms with Crippen molar-refractivity contribution in [2.45, 2.75) is 39.2 Å². The SMILES string of the molecule is CCOc1ccc2c(c1)sc(=NC(=O)c1ccc3c(c1)CCCC3)n2CC(=O)OC. The molecule has 0 aliphatic heterocycles. The van der Waals surface area contributed by atoms with E-state index in [1.165, 1.54) is 36.0 Å². The van der Waals surface area contributed by atoms with Crippen LogP contribution in [0.5, 0.6) is 5.75 Å². The highest BCUT2D eigenvalue weighted by atomic mass is 32.1. The maximum atomic E-state index is 12.9. The fourth-order valence-corrected chi connectivity index (χ4v) is 4.82. The number of aromatic nitrogens is 1. The van der Waals surface area contributed by atoms with Gasteiger partial charge in [-0.25, -0.2) is 0 Å². The van der Waals surface area contributed by atoms with Gasteiger partial charge in [-0.2, -0.15) is 4.99 Å². The Labute approximate surface area is 178 Å². The van der Waals surface area contributed by atoms with Gasteiger partial charge in [0.25, 0.3) is 5.91 Å². The highest BCUT2D eigenvalue weighted by molar-refractivity contribution is 7.16. The summed E-state index contributed by atoms with van der Waals surface area (Å²) in [7, 11) is 1.35. The first-order chi connectivity index (χ1) is 14.6. The van der Waals surface area contributed by atoms with Gasteiger partial charge in [0.1, 0.15) is 12.3 Å². The van der Waals surface area contributed by atoms with Crippen LogP contribution in [0.3, 0.4) is 0 Å². The Kier molecular flexibility index (Phi) is 5.99. The van der Waals surface area contributed by atoms with Crippen molar-refractivity contribution in [1.29, 1.82) is 0 Å². The summed E-state index contributed by atoms with van der Waals surface area (Å²) in [4.78, 5) is 29.7. The van der Waals surface area contributed by atoms with Crippen molar-refractivity contribution in [1.82, 2.24) is 4.57 Å². The summed E-state index contributed by atoms with van der Waals surface area (Å²) >= 11 is 1.36. The number of nitrogens with zero attached hydrogens (tertiary/aromatic N) is 2. The third-order valence-electron chi connectivity index (χ3n) is 5.27. The Hall–Kier alpha value is -2.93. The molecule has 2 aromatic carbocycles. The largest absolute Gasteiger partial charge is 0.494 e. The minimum absolute atomic E-state index is 0.0131. The molecular weight excluding hydrogens is 400 g/mol. The van der Waals surface area contributed by atoms with Gasteiger partial charge < -0.3 is 14.0 Å². The molecule has 0 bridgehead atoms. The van der Waals surface area contributed by atoms with Gasteiger partial charge in [0, 0.05) is 5.56 Å². The van der Waals surface area contributed by atoms with E-state index in [-0.39, 0.29) is 12.5 Å². The molecule has 30 heavy (non-hydrogen) atoms. The predicted molar refractivity (Wildman–Crippen MR) is 116 cm³/mol. The number of thiazole rings is 1. The highest BCUT2D eigenvalue weighted by Crippen LogP contribution is 2.25. The molecule has 1 aliphatic carbocycles. The standard InChI is InChI=1S/C23H24N2O4S/c1-3-29-18-10-11-19-20(13-18)30-23(25(19)14-21(26)28-2)24-22(27)17-9-8-15-6-4-5-7-16(15)12-17/h8-13H,3-7,14H2,1-2H3. The minimum atomic E-state index is -0.397. The van der Waals surface area contributed by atoms with Gasteiger partial charge in [-0.3, -0.25) is 9.59 Å². The van der Waals surface area contributed by atoms with Crippen molar-refractivity contribution < 1.29 is 19.1 Å². The monoisotopic (exact) mass is 424 g/mol. The van der Waals surface area contributed by atoms with Crippen LogP contribution in [0.25, 0.3) is 10.2 Å². The van der Waals surface area contributed by atoms with Gasteiger partial charge in [0.15, 0.2) is 4.80 Å². The summed E-state index contributed by atoms with van der Waals surface area (Å²) in [6, 6.07) is 11.5. The van der Waals surface area contributed by atoms with Crippen LogP contribution in [0.4, 0.5) is 0 Å². The Balaban J connectivity index is 1.77. The first-order valence-corrected chi connectivity index (χ1v) is 10.9. The zero-order valence-electron chi connectivity index (χ0n) is 17.1. The zero-order valence-corrected chi connectivity index (χ0v) is 18.0. The van der Waals surface area contributed by atoms with Crippen LogP contribution in [0.1, 0.15) is 41.3 Å². The summed E-state index contributed by atoms with van der Waals surface area (Å²) in [5.41, 5.74) is 3.95. The second-order valence-electron chi connectivity index (χ2n) is 7.22. The quantitative estimate of drug-likeness (QED) is 0.583. The number of ether oxygens (including phenoxy) is 2. The van der Waals surface area contributed by atoms with Crippen LogP contribution in [0, 0.1) is 0 Å². The van der Waals surface area contributed by atoms with E-state index in [2.05, 4.69) is 4.99 Å². The molecule has 0 saturated heterocycles. The summed E-state index contributed by atoms with van der Waals surface area (Å²) in [6.07, 6.45) is 4.42. The maximum Gasteiger partial charge on any atom is 0.325 e. The molecule has 0 fully saturated rings. The first-order valence-electron chi connectivity index (χ1n) is 10.1. The van der Waals surface area contributed by atoms with Gasteiger partial charge in [0.05, 0.1) is 23.9 Å². The highest BCUT2D eigenvalue weighted by Gasteiger charge is 2.15. The van der Waals surface area contributed by atoms with Crippen LogP contribution in [0.2, 0.25) is 0 Å². The maximum absolute atomic E-state index is 12.9. The number of esters is 1.